The van der Waals surface area contributed by atoms with Gasteiger partial charge in [0, 0.05) is 18.2 Å². The summed E-state index contributed by atoms with van der Waals surface area (Å²) in [4.78, 5) is 0. The Kier molecular flexibility index (Phi) is 3.19. The maximum Gasteiger partial charge on any atom is 0.0763 e. The standard InChI is InChI=1S/C14H23N3/c15-10-12-9-14(11-5-1-2-6-11)17(16-12)13-7-3-4-8-13/h9,11,13H,1-8,10,15H2. The molecule has 1 heterocycles. The summed E-state index contributed by atoms with van der Waals surface area (Å²) in [6.07, 6.45) is 10.8. The van der Waals surface area contributed by atoms with Gasteiger partial charge in [-0.1, -0.05) is 25.7 Å². The van der Waals surface area contributed by atoms with E-state index < -0.39 is 0 Å². The third kappa shape index (κ3) is 2.13. The Morgan fingerprint density at radius 3 is 2.41 bits per heavy atom. The lowest BCUT2D eigenvalue weighted by Gasteiger charge is -2.17. The van der Waals surface area contributed by atoms with Crippen molar-refractivity contribution in [3.8, 4) is 0 Å². The van der Waals surface area contributed by atoms with Crippen LogP contribution in [0.3, 0.4) is 0 Å². The van der Waals surface area contributed by atoms with Gasteiger partial charge < -0.3 is 5.73 Å². The van der Waals surface area contributed by atoms with Gasteiger partial charge in [0.15, 0.2) is 0 Å². The lowest BCUT2D eigenvalue weighted by Crippen LogP contribution is -2.12. The van der Waals surface area contributed by atoms with Crippen molar-refractivity contribution >= 4 is 0 Å². The van der Waals surface area contributed by atoms with Gasteiger partial charge in [-0.2, -0.15) is 5.10 Å². The van der Waals surface area contributed by atoms with Crippen molar-refractivity contribution in [2.75, 3.05) is 0 Å². The third-order valence-corrected chi connectivity index (χ3v) is 4.47. The Balaban J connectivity index is 1.90. The molecular formula is C14H23N3. The zero-order chi connectivity index (χ0) is 11.7. The van der Waals surface area contributed by atoms with Gasteiger partial charge in [0.2, 0.25) is 0 Å². The largest absolute Gasteiger partial charge is 0.325 e. The predicted octanol–water partition coefficient (Wildman–Crippen LogP) is 3.11. The van der Waals surface area contributed by atoms with E-state index in [2.05, 4.69) is 10.7 Å². The van der Waals surface area contributed by atoms with Crippen LogP contribution < -0.4 is 5.73 Å². The zero-order valence-electron chi connectivity index (χ0n) is 10.6. The number of rotatable bonds is 3. The van der Waals surface area contributed by atoms with Gasteiger partial charge in [0.25, 0.3) is 0 Å². The molecule has 0 amide bonds. The summed E-state index contributed by atoms with van der Waals surface area (Å²) in [7, 11) is 0. The van der Waals surface area contributed by atoms with E-state index in [-0.39, 0.29) is 0 Å². The molecule has 3 nitrogen and oxygen atoms in total. The molecule has 2 saturated carbocycles. The zero-order valence-corrected chi connectivity index (χ0v) is 10.6. The summed E-state index contributed by atoms with van der Waals surface area (Å²) in [6.45, 7) is 0.583. The van der Waals surface area contributed by atoms with E-state index in [4.69, 9.17) is 10.8 Å². The first kappa shape index (κ1) is 11.3. The molecule has 0 atom stereocenters. The van der Waals surface area contributed by atoms with Crippen LogP contribution in [0.1, 0.15) is 74.7 Å². The summed E-state index contributed by atoms with van der Waals surface area (Å²) in [5, 5.41) is 4.75. The Morgan fingerprint density at radius 2 is 1.76 bits per heavy atom. The van der Waals surface area contributed by atoms with Gasteiger partial charge in [0.1, 0.15) is 0 Å². The molecule has 2 aliphatic carbocycles. The van der Waals surface area contributed by atoms with Crippen LogP contribution in [-0.4, -0.2) is 9.78 Å². The van der Waals surface area contributed by atoms with E-state index in [1.807, 2.05) is 0 Å². The lowest BCUT2D eigenvalue weighted by atomic mass is 10.0. The predicted molar refractivity (Wildman–Crippen MR) is 68.8 cm³/mol. The fourth-order valence-corrected chi connectivity index (χ4v) is 3.53. The number of nitrogens with two attached hydrogens (primary N) is 1. The molecule has 2 fully saturated rings. The first-order valence-corrected chi connectivity index (χ1v) is 7.17. The molecular weight excluding hydrogens is 210 g/mol. The Labute approximate surface area is 103 Å². The van der Waals surface area contributed by atoms with Gasteiger partial charge in [-0.15, -0.1) is 0 Å². The Hall–Kier alpha value is -0.830. The average Bonchev–Trinajstić information content (AvgIpc) is 3.09. The van der Waals surface area contributed by atoms with Crippen molar-refractivity contribution < 1.29 is 0 Å². The quantitative estimate of drug-likeness (QED) is 0.871. The van der Waals surface area contributed by atoms with Crippen molar-refractivity contribution in [3.05, 3.63) is 17.5 Å². The number of hydrogen-bond donors (Lipinski definition) is 1. The molecule has 2 aliphatic rings. The van der Waals surface area contributed by atoms with Crippen LogP contribution >= 0.6 is 0 Å². The topological polar surface area (TPSA) is 43.8 Å². The molecule has 0 unspecified atom stereocenters. The minimum Gasteiger partial charge on any atom is -0.325 e. The van der Waals surface area contributed by atoms with E-state index >= 15 is 0 Å². The highest BCUT2D eigenvalue weighted by atomic mass is 15.3. The van der Waals surface area contributed by atoms with E-state index in [1.54, 1.807) is 0 Å². The Morgan fingerprint density at radius 1 is 1.12 bits per heavy atom. The Bertz CT molecular complexity index is 337. The second-order valence-corrected chi connectivity index (χ2v) is 5.63. The van der Waals surface area contributed by atoms with Crippen LogP contribution in [0, 0.1) is 0 Å². The summed E-state index contributed by atoms with van der Waals surface area (Å²) in [5.74, 6) is 0.753. The summed E-state index contributed by atoms with van der Waals surface area (Å²) < 4.78 is 2.34. The minimum atomic E-state index is 0.583. The average molecular weight is 233 g/mol. The highest BCUT2D eigenvalue weighted by Gasteiger charge is 2.26. The van der Waals surface area contributed by atoms with Crippen LogP contribution in [0.5, 0.6) is 0 Å². The van der Waals surface area contributed by atoms with Crippen molar-refractivity contribution in [2.24, 2.45) is 5.73 Å². The van der Waals surface area contributed by atoms with E-state index in [0.717, 1.165) is 11.6 Å². The second kappa shape index (κ2) is 4.81. The summed E-state index contributed by atoms with van der Waals surface area (Å²) in [5.41, 5.74) is 8.32. The second-order valence-electron chi connectivity index (χ2n) is 5.63. The molecule has 3 rings (SSSR count). The smallest absolute Gasteiger partial charge is 0.0763 e. The van der Waals surface area contributed by atoms with Crippen molar-refractivity contribution in [1.82, 2.24) is 9.78 Å². The maximum absolute atomic E-state index is 5.75. The maximum atomic E-state index is 5.75. The molecule has 0 spiro atoms. The van der Waals surface area contributed by atoms with Crippen LogP contribution in [0.2, 0.25) is 0 Å². The molecule has 0 aliphatic heterocycles. The molecule has 0 radical (unpaired) electrons. The molecule has 1 aromatic rings. The first-order chi connectivity index (χ1) is 8.38. The number of hydrogen-bond acceptors (Lipinski definition) is 2. The molecule has 1 aromatic heterocycles. The molecule has 0 saturated heterocycles. The monoisotopic (exact) mass is 233 g/mol. The van der Waals surface area contributed by atoms with Crippen LogP contribution in [0.25, 0.3) is 0 Å². The van der Waals surface area contributed by atoms with Gasteiger partial charge in [-0.05, 0) is 31.7 Å². The van der Waals surface area contributed by atoms with Crippen LogP contribution in [0.4, 0.5) is 0 Å². The van der Waals surface area contributed by atoms with E-state index in [9.17, 15) is 0 Å². The molecule has 3 heteroatoms. The summed E-state index contributed by atoms with van der Waals surface area (Å²) in [6, 6.07) is 2.93. The SMILES string of the molecule is NCc1cc(C2CCCC2)n(C2CCCC2)n1. The highest BCUT2D eigenvalue weighted by Crippen LogP contribution is 2.38. The van der Waals surface area contributed by atoms with Crippen molar-refractivity contribution in [2.45, 2.75) is 69.9 Å². The van der Waals surface area contributed by atoms with Crippen molar-refractivity contribution in [3.63, 3.8) is 0 Å². The van der Waals surface area contributed by atoms with E-state index in [1.165, 1.54) is 57.1 Å². The number of aromatic nitrogens is 2. The molecule has 2 N–H and O–H groups in total. The van der Waals surface area contributed by atoms with Gasteiger partial charge in [-0.3, -0.25) is 4.68 Å². The molecule has 0 aromatic carbocycles. The summed E-state index contributed by atoms with van der Waals surface area (Å²) >= 11 is 0. The highest BCUT2D eigenvalue weighted by molar-refractivity contribution is 5.17. The van der Waals surface area contributed by atoms with Gasteiger partial charge in [0.05, 0.1) is 11.7 Å². The first-order valence-electron chi connectivity index (χ1n) is 7.17. The van der Waals surface area contributed by atoms with Crippen LogP contribution in [-0.2, 0) is 6.54 Å². The molecule has 94 valence electrons. The van der Waals surface area contributed by atoms with E-state index in [0.29, 0.717) is 12.6 Å². The fourth-order valence-electron chi connectivity index (χ4n) is 3.53. The van der Waals surface area contributed by atoms with Crippen molar-refractivity contribution in [1.29, 1.82) is 0 Å². The normalized spacial score (nSPS) is 22.6. The fraction of sp³-hybridized carbons (Fsp3) is 0.786. The third-order valence-electron chi connectivity index (χ3n) is 4.47. The lowest BCUT2D eigenvalue weighted by molar-refractivity contribution is 0.432. The van der Waals surface area contributed by atoms with Gasteiger partial charge >= 0.3 is 0 Å². The van der Waals surface area contributed by atoms with Crippen LogP contribution in [0.15, 0.2) is 6.07 Å². The molecule has 0 bridgehead atoms. The number of nitrogens with zero attached hydrogens (tertiary/aromatic N) is 2. The van der Waals surface area contributed by atoms with Gasteiger partial charge in [-0.25, -0.2) is 0 Å². The molecule has 17 heavy (non-hydrogen) atoms. The minimum absolute atomic E-state index is 0.583.